The summed E-state index contributed by atoms with van der Waals surface area (Å²) in [6, 6.07) is 7.41. The Morgan fingerprint density at radius 2 is 2.13 bits per heavy atom. The number of methoxy groups -OCH3 is 1. The van der Waals surface area contributed by atoms with Crippen LogP contribution in [0.4, 0.5) is 0 Å². The lowest BCUT2D eigenvalue weighted by Crippen LogP contribution is -2.27. The maximum atomic E-state index is 13.0. The smallest absolute Gasteiger partial charge is 0.232 e. The summed E-state index contributed by atoms with van der Waals surface area (Å²) in [7, 11) is 1.66. The van der Waals surface area contributed by atoms with Crippen molar-refractivity contribution in [2.24, 2.45) is 5.92 Å². The fourth-order valence-electron chi connectivity index (χ4n) is 4.34. The number of nitrogens with zero attached hydrogens (tertiary/aromatic N) is 2. The van der Waals surface area contributed by atoms with Gasteiger partial charge in [-0.2, -0.15) is 5.10 Å². The number of benzene rings is 1. The standard InChI is InChI=1S/C23H24N4O3/c1-29-19-7-6-17-21(28)20(13-18-15-3-2-10-25-23(15)27-26-18)30-22(17)16(19)5-4-14-8-11-24-12-9-14/h2-3,6-7,10,13-14,24H,4-5,8-9,11-12H2,1H3,(H,25,26,27)/b20-13-. The third-order valence-corrected chi connectivity index (χ3v) is 6.01. The lowest BCUT2D eigenvalue weighted by Gasteiger charge is -2.23. The van der Waals surface area contributed by atoms with Crippen molar-refractivity contribution in [3.63, 3.8) is 0 Å². The van der Waals surface area contributed by atoms with Crippen LogP contribution in [0.2, 0.25) is 0 Å². The van der Waals surface area contributed by atoms with Crippen molar-refractivity contribution in [1.29, 1.82) is 0 Å². The molecule has 7 heteroatoms. The Balaban J connectivity index is 1.46. The normalized spacial score (nSPS) is 18.0. The Bertz CT molecular complexity index is 1130. The van der Waals surface area contributed by atoms with E-state index < -0.39 is 0 Å². The molecule has 2 N–H and O–H groups in total. The first-order valence-electron chi connectivity index (χ1n) is 10.4. The fourth-order valence-corrected chi connectivity index (χ4v) is 4.34. The Kier molecular flexibility index (Phi) is 4.96. The lowest BCUT2D eigenvalue weighted by molar-refractivity contribution is 0.101. The van der Waals surface area contributed by atoms with Crippen LogP contribution in [0.3, 0.4) is 0 Å². The number of piperidine rings is 1. The molecule has 0 bridgehead atoms. The van der Waals surface area contributed by atoms with Gasteiger partial charge in [0.05, 0.1) is 18.4 Å². The molecule has 2 aliphatic heterocycles. The van der Waals surface area contributed by atoms with Gasteiger partial charge in [0.25, 0.3) is 0 Å². The Labute approximate surface area is 174 Å². The molecule has 4 heterocycles. The van der Waals surface area contributed by atoms with Crippen LogP contribution in [-0.4, -0.2) is 41.2 Å². The lowest BCUT2D eigenvalue weighted by atomic mass is 9.90. The molecule has 1 aromatic carbocycles. The van der Waals surface area contributed by atoms with E-state index in [2.05, 4.69) is 20.5 Å². The van der Waals surface area contributed by atoms with E-state index in [1.165, 1.54) is 12.8 Å². The Morgan fingerprint density at radius 1 is 1.27 bits per heavy atom. The molecule has 1 saturated heterocycles. The number of allylic oxidation sites excluding steroid dienone is 1. The second kappa shape index (κ2) is 7.91. The average molecular weight is 404 g/mol. The number of Topliss-reactive ketones (excluding diaryl/α,β-unsaturated/α-hetero) is 1. The second-order valence-electron chi connectivity index (χ2n) is 7.80. The Morgan fingerprint density at radius 3 is 2.97 bits per heavy atom. The zero-order chi connectivity index (χ0) is 20.5. The molecule has 2 aromatic heterocycles. The molecule has 0 unspecified atom stereocenters. The summed E-state index contributed by atoms with van der Waals surface area (Å²) >= 11 is 0. The minimum absolute atomic E-state index is 0.129. The van der Waals surface area contributed by atoms with E-state index in [1.807, 2.05) is 18.2 Å². The summed E-state index contributed by atoms with van der Waals surface area (Å²) in [6.07, 6.45) is 7.63. The highest BCUT2D eigenvalue weighted by atomic mass is 16.5. The number of ketones is 1. The van der Waals surface area contributed by atoms with Gasteiger partial charge in [-0.05, 0) is 69.0 Å². The van der Waals surface area contributed by atoms with E-state index >= 15 is 0 Å². The summed E-state index contributed by atoms with van der Waals surface area (Å²) in [4.78, 5) is 17.3. The van der Waals surface area contributed by atoms with Crippen LogP contribution in [-0.2, 0) is 6.42 Å². The van der Waals surface area contributed by atoms with Gasteiger partial charge in [0, 0.05) is 23.2 Å². The molecule has 154 valence electrons. The van der Waals surface area contributed by atoms with E-state index in [0.29, 0.717) is 28.6 Å². The van der Waals surface area contributed by atoms with E-state index in [4.69, 9.17) is 9.47 Å². The van der Waals surface area contributed by atoms with Crippen molar-refractivity contribution in [3.8, 4) is 11.5 Å². The van der Waals surface area contributed by atoms with Gasteiger partial charge in [-0.15, -0.1) is 0 Å². The van der Waals surface area contributed by atoms with Crippen LogP contribution < -0.4 is 14.8 Å². The first kappa shape index (κ1) is 18.8. The number of H-pyrrole nitrogens is 1. The van der Waals surface area contributed by atoms with Crippen LogP contribution >= 0.6 is 0 Å². The number of hydrogen-bond donors (Lipinski definition) is 2. The Hall–Kier alpha value is -3.19. The number of aromatic amines is 1. The van der Waals surface area contributed by atoms with Crippen LogP contribution in [0.25, 0.3) is 17.1 Å². The SMILES string of the molecule is COc1ccc2c(c1CCC1CCNCC1)O/C(=C\c1n[nH]c3ncccc13)C2=O. The van der Waals surface area contributed by atoms with Crippen molar-refractivity contribution >= 4 is 22.9 Å². The maximum Gasteiger partial charge on any atom is 0.232 e. The first-order chi connectivity index (χ1) is 14.7. The molecule has 30 heavy (non-hydrogen) atoms. The minimum atomic E-state index is -0.129. The zero-order valence-electron chi connectivity index (χ0n) is 16.9. The number of nitrogens with one attached hydrogen (secondary N) is 2. The zero-order valence-corrected chi connectivity index (χ0v) is 16.9. The highest BCUT2D eigenvalue weighted by Crippen LogP contribution is 2.41. The van der Waals surface area contributed by atoms with Crippen molar-refractivity contribution in [2.45, 2.75) is 25.7 Å². The van der Waals surface area contributed by atoms with Gasteiger partial charge < -0.3 is 14.8 Å². The van der Waals surface area contributed by atoms with E-state index in [-0.39, 0.29) is 11.5 Å². The number of carbonyl (C=O) groups is 1. The number of carbonyl (C=O) groups excluding carboxylic acids is 1. The number of pyridine rings is 1. The van der Waals surface area contributed by atoms with Gasteiger partial charge in [-0.25, -0.2) is 4.98 Å². The molecule has 2 aliphatic rings. The molecule has 3 aromatic rings. The highest BCUT2D eigenvalue weighted by molar-refractivity contribution is 6.15. The number of ether oxygens (including phenoxy) is 2. The van der Waals surface area contributed by atoms with Gasteiger partial charge in [-0.1, -0.05) is 0 Å². The van der Waals surface area contributed by atoms with Crippen LogP contribution in [0.1, 0.15) is 40.9 Å². The molecule has 1 fully saturated rings. The van der Waals surface area contributed by atoms with E-state index in [1.54, 1.807) is 25.4 Å². The molecule has 0 radical (unpaired) electrons. The molecule has 0 spiro atoms. The third-order valence-electron chi connectivity index (χ3n) is 6.01. The summed E-state index contributed by atoms with van der Waals surface area (Å²) in [5.74, 6) is 2.22. The summed E-state index contributed by atoms with van der Waals surface area (Å²) in [5.41, 5.74) is 2.87. The number of rotatable bonds is 5. The van der Waals surface area contributed by atoms with Crippen molar-refractivity contribution in [2.75, 3.05) is 20.2 Å². The predicted octanol–water partition coefficient (Wildman–Crippen LogP) is 3.51. The summed E-state index contributed by atoms with van der Waals surface area (Å²) < 4.78 is 11.7. The van der Waals surface area contributed by atoms with Gasteiger partial charge in [0.15, 0.2) is 11.4 Å². The highest BCUT2D eigenvalue weighted by Gasteiger charge is 2.32. The summed E-state index contributed by atoms with van der Waals surface area (Å²) in [6.45, 7) is 2.14. The van der Waals surface area contributed by atoms with Crippen LogP contribution in [0, 0.1) is 5.92 Å². The molecular formula is C23H24N4O3. The largest absolute Gasteiger partial charge is 0.496 e. The average Bonchev–Trinajstić information content (AvgIpc) is 3.34. The number of hydrogen-bond acceptors (Lipinski definition) is 6. The quantitative estimate of drug-likeness (QED) is 0.633. The maximum absolute atomic E-state index is 13.0. The van der Waals surface area contributed by atoms with E-state index in [9.17, 15) is 4.79 Å². The van der Waals surface area contributed by atoms with Crippen LogP contribution in [0.5, 0.6) is 11.5 Å². The molecule has 0 saturated carbocycles. The van der Waals surface area contributed by atoms with Crippen LogP contribution in [0.15, 0.2) is 36.2 Å². The predicted molar refractivity (Wildman–Crippen MR) is 114 cm³/mol. The monoisotopic (exact) mass is 404 g/mol. The summed E-state index contributed by atoms with van der Waals surface area (Å²) in [5, 5.41) is 11.4. The second-order valence-corrected chi connectivity index (χ2v) is 7.80. The fraction of sp³-hybridized carbons (Fsp3) is 0.348. The number of aromatic nitrogens is 3. The third kappa shape index (κ3) is 3.35. The molecule has 0 aliphatic carbocycles. The van der Waals surface area contributed by atoms with E-state index in [0.717, 1.165) is 42.6 Å². The van der Waals surface area contributed by atoms with Gasteiger partial charge in [0.1, 0.15) is 11.5 Å². The molecule has 5 rings (SSSR count). The van der Waals surface area contributed by atoms with Gasteiger partial charge in [-0.3, -0.25) is 9.89 Å². The first-order valence-corrected chi connectivity index (χ1v) is 10.4. The van der Waals surface area contributed by atoms with Gasteiger partial charge >= 0.3 is 0 Å². The molecular weight excluding hydrogens is 380 g/mol. The van der Waals surface area contributed by atoms with Crippen molar-refractivity contribution < 1.29 is 14.3 Å². The number of fused-ring (bicyclic) bond motifs is 2. The topological polar surface area (TPSA) is 89.1 Å². The van der Waals surface area contributed by atoms with Crippen molar-refractivity contribution in [3.05, 3.63) is 53.0 Å². The molecule has 0 atom stereocenters. The minimum Gasteiger partial charge on any atom is -0.496 e. The van der Waals surface area contributed by atoms with Gasteiger partial charge in [0.2, 0.25) is 5.78 Å². The molecule has 0 amide bonds. The molecule has 7 nitrogen and oxygen atoms in total. The van der Waals surface area contributed by atoms with Crippen molar-refractivity contribution in [1.82, 2.24) is 20.5 Å².